The molecule has 0 bridgehead atoms. The van der Waals surface area contributed by atoms with Gasteiger partial charge in [-0.1, -0.05) is 46.5 Å². The number of nitrogens with two attached hydrogens (primary N) is 1. The van der Waals surface area contributed by atoms with Gasteiger partial charge in [-0.15, -0.1) is 10.2 Å². The number of aromatic nitrogens is 3. The van der Waals surface area contributed by atoms with Crippen molar-refractivity contribution in [3.8, 4) is 5.75 Å². The molecule has 8 heteroatoms. The molecule has 1 saturated carbocycles. The predicted molar refractivity (Wildman–Crippen MR) is 133 cm³/mol. The summed E-state index contributed by atoms with van der Waals surface area (Å²) < 4.78 is 13.0. The molecule has 2 aromatic rings. The SMILES string of the molecule is CCCC.CCCCC(C)N.COc1cc2nnc(NSN3CCC3)n2cc1C1CC1. The minimum atomic E-state index is 0.403. The Morgan fingerprint density at radius 3 is 2.35 bits per heavy atom. The van der Waals surface area contributed by atoms with Gasteiger partial charge in [0.05, 0.1) is 7.11 Å². The summed E-state index contributed by atoms with van der Waals surface area (Å²) in [4.78, 5) is 0. The maximum absolute atomic E-state index is 5.48. The topological polar surface area (TPSA) is 80.7 Å². The second-order valence-corrected chi connectivity index (χ2v) is 9.32. The average molecular weight is 451 g/mol. The van der Waals surface area contributed by atoms with Gasteiger partial charge in [0.2, 0.25) is 5.95 Å². The zero-order valence-electron chi connectivity index (χ0n) is 20.1. The van der Waals surface area contributed by atoms with Crippen LogP contribution in [0.1, 0.15) is 90.5 Å². The largest absolute Gasteiger partial charge is 0.496 e. The average Bonchev–Trinajstić information content (AvgIpc) is 3.52. The molecule has 4 rings (SSSR count). The molecule has 176 valence electrons. The van der Waals surface area contributed by atoms with Crippen molar-refractivity contribution < 1.29 is 4.74 Å². The summed E-state index contributed by atoms with van der Waals surface area (Å²) in [6.45, 7) is 10.9. The van der Waals surface area contributed by atoms with E-state index < -0.39 is 0 Å². The number of methoxy groups -OCH3 is 1. The number of hydrogen-bond acceptors (Lipinski definition) is 7. The van der Waals surface area contributed by atoms with E-state index in [4.69, 9.17) is 10.5 Å². The smallest absolute Gasteiger partial charge is 0.240 e. The predicted octanol–water partition coefficient (Wildman–Crippen LogP) is 5.63. The van der Waals surface area contributed by atoms with E-state index in [1.807, 2.05) is 10.5 Å². The summed E-state index contributed by atoms with van der Waals surface area (Å²) in [5, 5.41) is 8.43. The van der Waals surface area contributed by atoms with Gasteiger partial charge in [-0.2, -0.15) is 0 Å². The number of anilines is 1. The Balaban J connectivity index is 0.000000262. The van der Waals surface area contributed by atoms with Gasteiger partial charge in [-0.3, -0.25) is 9.12 Å². The fourth-order valence-corrected chi connectivity index (χ4v) is 3.68. The van der Waals surface area contributed by atoms with Crippen LogP contribution in [0.3, 0.4) is 0 Å². The van der Waals surface area contributed by atoms with Crippen LogP contribution in [-0.2, 0) is 0 Å². The zero-order valence-corrected chi connectivity index (χ0v) is 20.9. The molecule has 2 aliphatic rings. The summed E-state index contributed by atoms with van der Waals surface area (Å²) in [5.74, 6) is 2.34. The summed E-state index contributed by atoms with van der Waals surface area (Å²) in [6.07, 6.45) is 12.2. The first-order valence-electron chi connectivity index (χ1n) is 11.9. The molecular formula is C23H42N6OS. The van der Waals surface area contributed by atoms with Crippen molar-refractivity contribution in [3.63, 3.8) is 0 Å². The minimum Gasteiger partial charge on any atom is -0.496 e. The molecule has 0 aromatic carbocycles. The Hall–Kier alpha value is -1.51. The Bertz CT molecular complexity index is 756. The molecule has 0 spiro atoms. The van der Waals surface area contributed by atoms with Gasteiger partial charge < -0.3 is 10.5 Å². The Morgan fingerprint density at radius 2 is 1.90 bits per heavy atom. The Labute approximate surface area is 192 Å². The first-order valence-corrected chi connectivity index (χ1v) is 12.7. The molecule has 1 saturated heterocycles. The zero-order chi connectivity index (χ0) is 22.6. The normalized spacial score (nSPS) is 16.5. The van der Waals surface area contributed by atoms with Crippen LogP contribution >= 0.6 is 12.1 Å². The van der Waals surface area contributed by atoms with E-state index in [1.165, 1.54) is 56.9 Å². The van der Waals surface area contributed by atoms with E-state index >= 15 is 0 Å². The molecule has 1 unspecified atom stereocenters. The lowest BCUT2D eigenvalue weighted by Crippen LogP contribution is -2.31. The highest BCUT2D eigenvalue weighted by atomic mass is 32.2. The van der Waals surface area contributed by atoms with Crippen molar-refractivity contribution in [2.45, 2.75) is 91.0 Å². The van der Waals surface area contributed by atoms with Crippen LogP contribution in [0.25, 0.3) is 5.65 Å². The second-order valence-electron chi connectivity index (χ2n) is 8.42. The summed E-state index contributed by atoms with van der Waals surface area (Å²) in [6, 6.07) is 2.38. The lowest BCUT2D eigenvalue weighted by atomic mass is 10.1. The van der Waals surface area contributed by atoms with Gasteiger partial charge >= 0.3 is 0 Å². The molecule has 3 heterocycles. The third kappa shape index (κ3) is 8.50. The molecule has 3 N–H and O–H groups in total. The highest BCUT2D eigenvalue weighted by molar-refractivity contribution is 7.98. The van der Waals surface area contributed by atoms with Crippen LogP contribution in [-0.4, -0.2) is 45.1 Å². The van der Waals surface area contributed by atoms with Crippen molar-refractivity contribution >= 4 is 23.7 Å². The molecule has 0 amide bonds. The molecule has 1 aliphatic carbocycles. The van der Waals surface area contributed by atoms with Crippen LogP contribution in [0.15, 0.2) is 12.3 Å². The molecular weight excluding hydrogens is 408 g/mol. The van der Waals surface area contributed by atoms with E-state index in [-0.39, 0.29) is 0 Å². The van der Waals surface area contributed by atoms with Crippen molar-refractivity contribution in [2.24, 2.45) is 5.73 Å². The Kier molecular flexibility index (Phi) is 11.5. The van der Waals surface area contributed by atoms with Gasteiger partial charge in [0.25, 0.3) is 0 Å². The molecule has 2 aromatic heterocycles. The molecule has 1 atom stereocenters. The number of pyridine rings is 1. The maximum atomic E-state index is 5.48. The first-order chi connectivity index (χ1) is 15.0. The van der Waals surface area contributed by atoms with Crippen molar-refractivity contribution in [1.29, 1.82) is 0 Å². The number of hydrogen-bond donors (Lipinski definition) is 2. The quantitative estimate of drug-likeness (QED) is 0.479. The van der Waals surface area contributed by atoms with E-state index in [1.54, 1.807) is 19.2 Å². The monoisotopic (exact) mass is 450 g/mol. The molecule has 0 radical (unpaired) electrons. The molecule has 31 heavy (non-hydrogen) atoms. The van der Waals surface area contributed by atoms with Crippen molar-refractivity contribution in [1.82, 2.24) is 18.9 Å². The van der Waals surface area contributed by atoms with E-state index in [2.05, 4.69) is 53.1 Å². The fourth-order valence-electron chi connectivity index (χ4n) is 2.89. The third-order valence-corrected chi connectivity index (χ3v) is 6.26. The van der Waals surface area contributed by atoms with Gasteiger partial charge in [0.1, 0.15) is 5.75 Å². The summed E-state index contributed by atoms with van der Waals surface area (Å²) >= 11 is 1.60. The first kappa shape index (κ1) is 25.7. The highest BCUT2D eigenvalue weighted by Gasteiger charge is 2.28. The lowest BCUT2D eigenvalue weighted by Gasteiger charge is -2.28. The molecule has 2 fully saturated rings. The molecule has 7 nitrogen and oxygen atoms in total. The lowest BCUT2D eigenvalue weighted by molar-refractivity contribution is 0.345. The van der Waals surface area contributed by atoms with Gasteiger partial charge in [0.15, 0.2) is 5.65 Å². The van der Waals surface area contributed by atoms with E-state index in [0.29, 0.717) is 12.0 Å². The van der Waals surface area contributed by atoms with Crippen molar-refractivity contribution in [2.75, 3.05) is 24.9 Å². The van der Waals surface area contributed by atoms with Crippen LogP contribution in [0.4, 0.5) is 5.95 Å². The van der Waals surface area contributed by atoms with Crippen LogP contribution < -0.4 is 15.2 Å². The van der Waals surface area contributed by atoms with Gasteiger partial charge in [0, 0.05) is 49.1 Å². The maximum Gasteiger partial charge on any atom is 0.240 e. The van der Waals surface area contributed by atoms with Gasteiger partial charge in [-0.25, -0.2) is 4.31 Å². The van der Waals surface area contributed by atoms with Crippen LogP contribution in [0, 0.1) is 0 Å². The minimum absolute atomic E-state index is 0.403. The second kappa shape index (κ2) is 13.8. The number of fused-ring (bicyclic) bond motifs is 1. The number of unbranched alkanes of at least 4 members (excludes halogenated alkanes) is 2. The number of ether oxygens (including phenoxy) is 1. The number of nitrogens with one attached hydrogen (secondary N) is 1. The third-order valence-electron chi connectivity index (χ3n) is 5.37. The summed E-state index contributed by atoms with van der Waals surface area (Å²) in [5.41, 5.74) is 7.56. The standard InChI is InChI=1S/C13H17N5OS.C6H15N.C4H10/c1-19-11-7-12-14-15-13(16-20-17-5-2-6-17)18(12)8-10(11)9-3-4-9;1-3-4-5-6(2)7;1-3-4-2/h7-9H,2-6H2,1H3,(H,15,16);6H,3-5,7H2,1-2H3;3-4H2,1-2H3. The fraction of sp³-hybridized carbons (Fsp3) is 0.739. The molecule has 1 aliphatic heterocycles. The van der Waals surface area contributed by atoms with Crippen molar-refractivity contribution in [3.05, 3.63) is 17.8 Å². The van der Waals surface area contributed by atoms with Gasteiger partial charge in [-0.05, 0) is 38.5 Å². The summed E-state index contributed by atoms with van der Waals surface area (Å²) in [7, 11) is 1.72. The number of rotatable bonds is 9. The van der Waals surface area contributed by atoms with E-state index in [9.17, 15) is 0 Å². The number of nitrogens with zero attached hydrogens (tertiary/aromatic N) is 4. The van der Waals surface area contributed by atoms with Crippen LogP contribution in [0.2, 0.25) is 0 Å². The van der Waals surface area contributed by atoms with Crippen LogP contribution in [0.5, 0.6) is 5.75 Å². The van der Waals surface area contributed by atoms with E-state index in [0.717, 1.165) is 30.4 Å². The Morgan fingerprint density at radius 1 is 1.19 bits per heavy atom. The highest BCUT2D eigenvalue weighted by Crippen LogP contribution is 2.44.